The molecule has 1 atom stereocenters. The largest absolute Gasteiger partial charge is 0.486 e. The summed E-state index contributed by atoms with van der Waals surface area (Å²) in [4.78, 5) is 23.9. The second kappa shape index (κ2) is 9.00. The topological polar surface area (TPSA) is 95.1 Å². The quantitative estimate of drug-likeness (QED) is 0.646. The van der Waals surface area contributed by atoms with E-state index in [0.29, 0.717) is 63.4 Å². The van der Waals surface area contributed by atoms with Gasteiger partial charge in [-0.25, -0.2) is 4.98 Å². The third-order valence-corrected chi connectivity index (χ3v) is 8.43. The van der Waals surface area contributed by atoms with Crippen molar-refractivity contribution in [1.29, 1.82) is 5.26 Å². The zero-order chi connectivity index (χ0) is 24.9. The van der Waals surface area contributed by atoms with E-state index >= 15 is 0 Å². The molecule has 9 heteroatoms. The first-order valence-corrected chi connectivity index (χ1v) is 13.1. The van der Waals surface area contributed by atoms with E-state index in [1.54, 1.807) is 6.92 Å². The Morgan fingerprint density at radius 1 is 1.14 bits per heavy atom. The number of rotatable bonds is 3. The number of benzene rings is 1. The number of nitrogens with zero attached hydrogens (tertiary/aromatic N) is 5. The summed E-state index contributed by atoms with van der Waals surface area (Å²) in [6.07, 6.45) is 4.73. The number of piperazine rings is 1. The van der Waals surface area contributed by atoms with Crippen LogP contribution in [0.15, 0.2) is 16.5 Å². The lowest BCUT2D eigenvalue weighted by Gasteiger charge is -2.46. The van der Waals surface area contributed by atoms with E-state index in [4.69, 9.17) is 13.9 Å². The average Bonchev–Trinajstić information content (AvgIpc) is 3.53. The van der Waals surface area contributed by atoms with Crippen molar-refractivity contribution < 1.29 is 18.7 Å². The monoisotopic (exact) mass is 491 g/mol. The van der Waals surface area contributed by atoms with Crippen LogP contribution in [0.4, 0.5) is 5.88 Å². The molecule has 1 saturated carbocycles. The molecule has 6 rings (SSSR count). The number of nitriles is 1. The lowest BCUT2D eigenvalue weighted by Crippen LogP contribution is -2.54. The Balaban J connectivity index is 1.18. The molecular formula is C27H33N5O4. The molecule has 1 aromatic carbocycles. The van der Waals surface area contributed by atoms with Gasteiger partial charge in [-0.05, 0) is 43.0 Å². The van der Waals surface area contributed by atoms with Crippen molar-refractivity contribution in [3.05, 3.63) is 34.8 Å². The summed E-state index contributed by atoms with van der Waals surface area (Å²) in [5.41, 5.74) is 3.06. The molecule has 3 aliphatic heterocycles. The number of anilines is 1. The van der Waals surface area contributed by atoms with Crippen LogP contribution in [0, 0.1) is 18.3 Å². The summed E-state index contributed by atoms with van der Waals surface area (Å²) < 4.78 is 17.5. The van der Waals surface area contributed by atoms with E-state index in [0.717, 1.165) is 30.9 Å². The van der Waals surface area contributed by atoms with Crippen LogP contribution < -0.4 is 14.4 Å². The second-order valence-corrected chi connectivity index (χ2v) is 10.5. The molecule has 0 bridgehead atoms. The van der Waals surface area contributed by atoms with Crippen LogP contribution in [-0.2, 0) is 10.2 Å². The average molecular weight is 492 g/mol. The molecule has 36 heavy (non-hydrogen) atoms. The van der Waals surface area contributed by atoms with E-state index < -0.39 is 0 Å². The van der Waals surface area contributed by atoms with Gasteiger partial charge in [-0.15, -0.1) is 0 Å². The van der Waals surface area contributed by atoms with Crippen molar-refractivity contribution in [2.24, 2.45) is 0 Å². The Morgan fingerprint density at radius 2 is 1.83 bits per heavy atom. The maximum Gasteiger partial charge on any atom is 0.236 e. The van der Waals surface area contributed by atoms with Crippen molar-refractivity contribution in [3.8, 4) is 17.6 Å². The SMILES string of the molecule is Cc1nc(C#N)c(N2CCN(C(=O)CN3CC4(CCCC4)c4cc5c(cc4C3C)OCCO5)CC2)o1. The van der Waals surface area contributed by atoms with Crippen molar-refractivity contribution in [2.45, 2.75) is 51.0 Å². The lowest BCUT2D eigenvalue weighted by atomic mass is 9.71. The molecule has 1 unspecified atom stereocenters. The summed E-state index contributed by atoms with van der Waals surface area (Å²) in [6.45, 7) is 8.88. The highest BCUT2D eigenvalue weighted by molar-refractivity contribution is 5.79. The van der Waals surface area contributed by atoms with E-state index in [2.05, 4.69) is 35.0 Å². The van der Waals surface area contributed by atoms with Crippen LogP contribution >= 0.6 is 0 Å². The predicted molar refractivity (Wildman–Crippen MR) is 132 cm³/mol. The highest BCUT2D eigenvalue weighted by Gasteiger charge is 2.45. The van der Waals surface area contributed by atoms with E-state index in [1.807, 2.05) is 9.80 Å². The van der Waals surface area contributed by atoms with Crippen LogP contribution in [0.3, 0.4) is 0 Å². The normalized spacial score (nSPS) is 23.0. The Hall–Kier alpha value is -3.25. The molecular weight excluding hydrogens is 458 g/mol. The number of carbonyl (C=O) groups is 1. The number of hydrogen-bond acceptors (Lipinski definition) is 8. The first-order valence-electron chi connectivity index (χ1n) is 13.1. The number of carbonyl (C=O) groups excluding carboxylic acids is 1. The molecule has 1 amide bonds. The molecule has 4 heterocycles. The van der Waals surface area contributed by atoms with Crippen molar-refractivity contribution in [3.63, 3.8) is 0 Å². The molecule has 0 radical (unpaired) electrons. The number of fused-ring (bicyclic) bond motifs is 3. The van der Waals surface area contributed by atoms with Gasteiger partial charge in [0.25, 0.3) is 0 Å². The van der Waals surface area contributed by atoms with Gasteiger partial charge in [-0.3, -0.25) is 9.69 Å². The molecule has 1 aromatic heterocycles. The fraction of sp³-hybridized carbons (Fsp3) is 0.593. The molecule has 1 saturated heterocycles. The summed E-state index contributed by atoms with van der Waals surface area (Å²) in [6, 6.07) is 6.62. The van der Waals surface area contributed by atoms with Gasteiger partial charge >= 0.3 is 0 Å². The zero-order valence-electron chi connectivity index (χ0n) is 21.1. The summed E-state index contributed by atoms with van der Waals surface area (Å²) in [5, 5.41) is 9.35. The molecule has 2 fully saturated rings. The number of hydrogen-bond donors (Lipinski definition) is 0. The Bertz CT molecular complexity index is 1200. The first-order chi connectivity index (χ1) is 17.5. The smallest absolute Gasteiger partial charge is 0.236 e. The third-order valence-electron chi connectivity index (χ3n) is 8.43. The van der Waals surface area contributed by atoms with Crippen molar-refractivity contribution in [2.75, 3.05) is 57.4 Å². The number of aryl methyl sites for hydroxylation is 1. The standard InChI is InChI=1S/C27H33N5O4/c1-18-20-13-23-24(35-12-11-34-23)14-21(20)27(5-3-4-6-27)17-32(18)16-25(33)30-7-9-31(10-8-30)26-22(15-28)29-19(2)36-26/h13-14,18H,3-12,16-17H2,1-2H3. The minimum atomic E-state index is 0.0779. The van der Waals surface area contributed by atoms with E-state index in [1.165, 1.54) is 24.0 Å². The van der Waals surface area contributed by atoms with Crippen molar-refractivity contribution >= 4 is 11.8 Å². The van der Waals surface area contributed by atoms with Crippen LogP contribution in [0.2, 0.25) is 0 Å². The van der Waals surface area contributed by atoms with Crippen LogP contribution in [0.1, 0.15) is 61.4 Å². The Morgan fingerprint density at radius 3 is 2.53 bits per heavy atom. The van der Waals surface area contributed by atoms with Gasteiger partial charge in [0.15, 0.2) is 17.4 Å². The molecule has 4 aliphatic rings. The van der Waals surface area contributed by atoms with Gasteiger partial charge in [0, 0.05) is 51.1 Å². The van der Waals surface area contributed by atoms with Gasteiger partial charge in [-0.1, -0.05) is 12.8 Å². The summed E-state index contributed by atoms with van der Waals surface area (Å²) in [5.74, 6) is 2.84. The number of ether oxygens (including phenoxy) is 2. The van der Waals surface area contributed by atoms with Crippen molar-refractivity contribution in [1.82, 2.24) is 14.8 Å². The molecule has 1 spiro atoms. The minimum Gasteiger partial charge on any atom is -0.486 e. The fourth-order valence-corrected chi connectivity index (χ4v) is 6.53. The fourth-order valence-electron chi connectivity index (χ4n) is 6.53. The van der Waals surface area contributed by atoms with Gasteiger partial charge in [0.05, 0.1) is 6.54 Å². The highest BCUT2D eigenvalue weighted by Crippen LogP contribution is 2.51. The van der Waals surface area contributed by atoms with E-state index in [9.17, 15) is 10.1 Å². The van der Waals surface area contributed by atoms with Crippen LogP contribution in [0.5, 0.6) is 11.5 Å². The van der Waals surface area contributed by atoms with Gasteiger partial charge in [0.1, 0.15) is 19.3 Å². The van der Waals surface area contributed by atoms with Crippen LogP contribution in [-0.4, -0.2) is 73.2 Å². The lowest BCUT2D eigenvalue weighted by molar-refractivity contribution is -0.133. The molecule has 1 aliphatic carbocycles. The molecule has 2 aromatic rings. The van der Waals surface area contributed by atoms with Gasteiger partial charge in [-0.2, -0.15) is 5.26 Å². The summed E-state index contributed by atoms with van der Waals surface area (Å²) >= 11 is 0. The number of oxazole rings is 1. The highest BCUT2D eigenvalue weighted by atomic mass is 16.6. The zero-order valence-corrected chi connectivity index (χ0v) is 21.1. The minimum absolute atomic E-state index is 0.0779. The maximum atomic E-state index is 13.5. The van der Waals surface area contributed by atoms with Gasteiger partial charge < -0.3 is 23.7 Å². The van der Waals surface area contributed by atoms with Gasteiger partial charge in [0.2, 0.25) is 17.5 Å². The second-order valence-electron chi connectivity index (χ2n) is 10.5. The van der Waals surface area contributed by atoms with E-state index in [-0.39, 0.29) is 17.4 Å². The Labute approximate surface area is 211 Å². The Kier molecular flexibility index (Phi) is 5.79. The predicted octanol–water partition coefficient (Wildman–Crippen LogP) is 3.16. The summed E-state index contributed by atoms with van der Waals surface area (Å²) in [7, 11) is 0. The molecule has 0 N–H and O–H groups in total. The number of aromatic nitrogens is 1. The molecule has 9 nitrogen and oxygen atoms in total. The first kappa shape index (κ1) is 23.2. The number of amides is 1. The van der Waals surface area contributed by atoms with Crippen LogP contribution in [0.25, 0.3) is 0 Å². The molecule has 190 valence electrons. The maximum absolute atomic E-state index is 13.5. The third kappa shape index (κ3) is 3.88.